The van der Waals surface area contributed by atoms with Gasteiger partial charge in [0.1, 0.15) is 16.4 Å². The van der Waals surface area contributed by atoms with Crippen molar-refractivity contribution in [1.82, 2.24) is 24.7 Å². The number of methoxy groups -OCH3 is 1. The molecule has 0 spiro atoms. The summed E-state index contributed by atoms with van der Waals surface area (Å²) in [6.07, 6.45) is 1.81. The first-order valence-corrected chi connectivity index (χ1v) is 12.4. The molecule has 7 nitrogen and oxygen atoms in total. The van der Waals surface area contributed by atoms with E-state index in [9.17, 15) is 4.79 Å². The minimum Gasteiger partial charge on any atom is -0.497 e. The fraction of sp³-hybridized carbons (Fsp3) is 0.120. The van der Waals surface area contributed by atoms with Crippen LogP contribution in [-0.4, -0.2) is 31.8 Å². The third-order valence-electron chi connectivity index (χ3n) is 5.29. The van der Waals surface area contributed by atoms with Crippen LogP contribution in [0.4, 0.5) is 0 Å². The molecule has 0 bridgehead atoms. The minimum atomic E-state index is -0.132. The molecule has 0 saturated carbocycles. The van der Waals surface area contributed by atoms with Gasteiger partial charge in [0.15, 0.2) is 11.0 Å². The number of nitrogens with one attached hydrogen (secondary N) is 1. The Morgan fingerprint density at radius 1 is 1.12 bits per heavy atom. The lowest BCUT2D eigenvalue weighted by atomic mass is 10.1. The Kier molecular flexibility index (Phi) is 6.29. The normalized spacial score (nSPS) is 11.1. The summed E-state index contributed by atoms with van der Waals surface area (Å²) in [6.45, 7) is 4.43. The summed E-state index contributed by atoms with van der Waals surface area (Å²) in [5, 5.41) is 12.1. The second kappa shape index (κ2) is 9.66. The van der Waals surface area contributed by atoms with Gasteiger partial charge in [-0.25, -0.2) is 4.98 Å². The number of hydrogen-bond donors (Lipinski definition) is 1. The molecule has 2 aromatic carbocycles. The highest BCUT2D eigenvalue weighted by Crippen LogP contribution is 2.31. The van der Waals surface area contributed by atoms with E-state index in [0.29, 0.717) is 23.5 Å². The Balaban J connectivity index is 1.41. The largest absolute Gasteiger partial charge is 0.497 e. The number of nitrogens with zero attached hydrogens (tertiary/aromatic N) is 4. The van der Waals surface area contributed by atoms with Gasteiger partial charge in [0.05, 0.1) is 18.2 Å². The van der Waals surface area contributed by atoms with Crippen molar-refractivity contribution in [3.8, 4) is 28.3 Å². The van der Waals surface area contributed by atoms with Gasteiger partial charge in [0.2, 0.25) is 0 Å². The first kappa shape index (κ1) is 22.1. The maximum absolute atomic E-state index is 12.9. The average molecular weight is 488 g/mol. The zero-order chi connectivity index (χ0) is 23.5. The zero-order valence-corrected chi connectivity index (χ0v) is 20.0. The molecule has 0 saturated heterocycles. The van der Waals surface area contributed by atoms with Gasteiger partial charge in [-0.05, 0) is 29.8 Å². The smallest absolute Gasteiger partial charge is 0.260 e. The monoisotopic (exact) mass is 487 g/mol. The molecule has 0 aliphatic rings. The Hall–Kier alpha value is -3.69. The SMILES string of the molecule is C=CCn1c(SCc2nc3scc(-c4ccccc4)c3c(=O)[nH]2)nnc1-c1ccc(OC)cc1. The standard InChI is InChI=1S/C25H21N5O2S2/c1-3-13-30-22(17-9-11-18(32-2)12-10-17)28-29-25(30)34-15-20-26-23(31)21-19(14-33-24(21)27-20)16-7-5-4-6-8-16/h3-12,14H,1,13,15H2,2H3,(H,26,27,31). The highest BCUT2D eigenvalue weighted by atomic mass is 32.2. The van der Waals surface area contributed by atoms with Crippen LogP contribution in [0.3, 0.4) is 0 Å². The van der Waals surface area contributed by atoms with Crippen molar-refractivity contribution < 1.29 is 4.74 Å². The van der Waals surface area contributed by atoms with Crippen LogP contribution >= 0.6 is 23.1 Å². The predicted molar refractivity (Wildman–Crippen MR) is 137 cm³/mol. The summed E-state index contributed by atoms with van der Waals surface area (Å²) in [4.78, 5) is 21.3. The topological polar surface area (TPSA) is 85.7 Å². The van der Waals surface area contributed by atoms with Gasteiger partial charge in [-0.3, -0.25) is 9.36 Å². The highest BCUT2D eigenvalue weighted by molar-refractivity contribution is 7.98. The van der Waals surface area contributed by atoms with Crippen molar-refractivity contribution in [1.29, 1.82) is 0 Å². The van der Waals surface area contributed by atoms with Crippen LogP contribution in [0, 0.1) is 0 Å². The molecule has 34 heavy (non-hydrogen) atoms. The van der Waals surface area contributed by atoms with Crippen molar-refractivity contribution in [3.05, 3.63) is 88.8 Å². The number of aromatic amines is 1. The second-order valence-electron chi connectivity index (χ2n) is 7.43. The fourth-order valence-corrected chi connectivity index (χ4v) is 5.45. The number of benzene rings is 2. The van der Waals surface area contributed by atoms with E-state index >= 15 is 0 Å². The van der Waals surface area contributed by atoms with Crippen LogP contribution in [-0.2, 0) is 12.3 Å². The summed E-state index contributed by atoms with van der Waals surface area (Å²) in [7, 11) is 1.64. The molecule has 9 heteroatoms. The van der Waals surface area contributed by atoms with Crippen molar-refractivity contribution in [3.63, 3.8) is 0 Å². The van der Waals surface area contributed by atoms with Crippen LogP contribution in [0.1, 0.15) is 5.82 Å². The van der Waals surface area contributed by atoms with Gasteiger partial charge in [0, 0.05) is 23.1 Å². The van der Waals surface area contributed by atoms with Crippen molar-refractivity contribution in [2.75, 3.05) is 7.11 Å². The predicted octanol–water partition coefficient (Wildman–Crippen LogP) is 5.40. The van der Waals surface area contributed by atoms with Gasteiger partial charge >= 0.3 is 0 Å². The molecule has 0 radical (unpaired) electrons. The molecule has 3 aromatic heterocycles. The Morgan fingerprint density at radius 2 is 1.91 bits per heavy atom. The van der Waals surface area contributed by atoms with E-state index in [4.69, 9.17) is 9.72 Å². The molecule has 0 fully saturated rings. The van der Waals surface area contributed by atoms with Gasteiger partial charge in [-0.1, -0.05) is 48.2 Å². The lowest BCUT2D eigenvalue weighted by molar-refractivity contribution is 0.415. The van der Waals surface area contributed by atoms with E-state index in [2.05, 4.69) is 21.8 Å². The van der Waals surface area contributed by atoms with Gasteiger partial charge in [-0.2, -0.15) is 0 Å². The van der Waals surface area contributed by atoms with Crippen LogP contribution in [0.25, 0.3) is 32.7 Å². The number of fused-ring (bicyclic) bond motifs is 1. The Bertz CT molecular complexity index is 1500. The fourth-order valence-electron chi connectivity index (χ4n) is 3.67. The highest BCUT2D eigenvalue weighted by Gasteiger charge is 2.16. The number of aromatic nitrogens is 5. The van der Waals surface area contributed by atoms with Crippen LogP contribution in [0.5, 0.6) is 5.75 Å². The third-order valence-corrected chi connectivity index (χ3v) is 7.14. The molecule has 3 heterocycles. The van der Waals surface area contributed by atoms with E-state index in [1.54, 1.807) is 7.11 Å². The van der Waals surface area contributed by atoms with E-state index in [0.717, 1.165) is 38.3 Å². The Labute approximate surface area is 204 Å². The van der Waals surface area contributed by atoms with E-state index in [1.165, 1.54) is 23.1 Å². The molecular weight excluding hydrogens is 466 g/mol. The summed E-state index contributed by atoms with van der Waals surface area (Å²) in [5.74, 6) is 2.58. The molecule has 5 aromatic rings. The first-order chi connectivity index (χ1) is 16.7. The zero-order valence-electron chi connectivity index (χ0n) is 18.4. The maximum atomic E-state index is 12.9. The van der Waals surface area contributed by atoms with Crippen LogP contribution in [0.2, 0.25) is 0 Å². The first-order valence-electron chi connectivity index (χ1n) is 10.5. The number of allylic oxidation sites excluding steroid dienone is 1. The number of thioether (sulfide) groups is 1. The number of ether oxygens (including phenoxy) is 1. The van der Waals surface area contributed by atoms with Gasteiger partial charge < -0.3 is 9.72 Å². The average Bonchev–Trinajstić information content (AvgIpc) is 3.48. The van der Waals surface area contributed by atoms with Crippen molar-refractivity contribution >= 4 is 33.3 Å². The quantitative estimate of drug-likeness (QED) is 0.233. The molecule has 0 unspecified atom stereocenters. The van der Waals surface area contributed by atoms with Crippen molar-refractivity contribution in [2.45, 2.75) is 17.5 Å². The number of H-pyrrole nitrogens is 1. The van der Waals surface area contributed by atoms with E-state index < -0.39 is 0 Å². The number of thiophene rings is 1. The van der Waals surface area contributed by atoms with Gasteiger partial charge in [-0.15, -0.1) is 28.1 Å². The third kappa shape index (κ3) is 4.27. The maximum Gasteiger partial charge on any atom is 0.260 e. The molecule has 0 atom stereocenters. The molecule has 0 aliphatic heterocycles. The van der Waals surface area contributed by atoms with Crippen LogP contribution in [0.15, 0.2) is 82.6 Å². The Morgan fingerprint density at radius 3 is 2.65 bits per heavy atom. The molecule has 0 amide bonds. The molecule has 0 aliphatic carbocycles. The lowest BCUT2D eigenvalue weighted by Gasteiger charge is -2.08. The summed E-state index contributed by atoms with van der Waals surface area (Å²) < 4.78 is 7.24. The summed E-state index contributed by atoms with van der Waals surface area (Å²) >= 11 is 2.95. The van der Waals surface area contributed by atoms with E-state index in [-0.39, 0.29) is 5.56 Å². The summed E-state index contributed by atoms with van der Waals surface area (Å²) in [6, 6.07) is 17.6. The van der Waals surface area contributed by atoms with E-state index in [1.807, 2.05) is 70.6 Å². The molecule has 170 valence electrons. The number of rotatable bonds is 8. The second-order valence-corrected chi connectivity index (χ2v) is 9.23. The van der Waals surface area contributed by atoms with Crippen molar-refractivity contribution in [2.24, 2.45) is 0 Å². The van der Waals surface area contributed by atoms with Crippen LogP contribution < -0.4 is 10.3 Å². The lowest BCUT2D eigenvalue weighted by Crippen LogP contribution is -2.11. The van der Waals surface area contributed by atoms with Gasteiger partial charge in [0.25, 0.3) is 5.56 Å². The summed E-state index contributed by atoms with van der Waals surface area (Å²) in [5.41, 5.74) is 2.71. The number of hydrogen-bond acceptors (Lipinski definition) is 7. The molecule has 5 rings (SSSR count). The molecule has 1 N–H and O–H groups in total. The molecular formula is C25H21N5O2S2. The minimum absolute atomic E-state index is 0.132.